The van der Waals surface area contributed by atoms with Gasteiger partial charge in [-0.05, 0) is 64.0 Å². The van der Waals surface area contributed by atoms with Crippen molar-refractivity contribution in [1.82, 2.24) is 4.98 Å². The van der Waals surface area contributed by atoms with Crippen molar-refractivity contribution in [3.05, 3.63) is 29.3 Å². The summed E-state index contributed by atoms with van der Waals surface area (Å²) >= 11 is 1.48. The molecule has 1 aliphatic rings. The first-order chi connectivity index (χ1) is 11.8. The molecule has 1 aromatic heterocycles. The summed E-state index contributed by atoms with van der Waals surface area (Å²) in [4.78, 5) is 28.2. The van der Waals surface area contributed by atoms with Crippen molar-refractivity contribution in [3.8, 4) is 0 Å². The number of rotatable bonds is 5. The van der Waals surface area contributed by atoms with E-state index < -0.39 is 11.7 Å². The van der Waals surface area contributed by atoms with Gasteiger partial charge in [-0.15, -0.1) is 11.3 Å². The van der Waals surface area contributed by atoms with Crippen LogP contribution in [0.1, 0.15) is 55.8 Å². The van der Waals surface area contributed by atoms with Crippen LogP contribution in [0.15, 0.2) is 24.3 Å². The zero-order chi connectivity index (χ0) is 18.0. The second kappa shape index (κ2) is 7.12. The molecule has 1 aromatic carbocycles. The van der Waals surface area contributed by atoms with Crippen LogP contribution in [0, 0.1) is 11.8 Å². The number of benzene rings is 1. The molecule has 5 nitrogen and oxygen atoms in total. The molecule has 0 bridgehead atoms. The summed E-state index contributed by atoms with van der Waals surface area (Å²) in [5.41, 5.74) is 5.47. The Morgan fingerprint density at radius 2 is 1.92 bits per heavy atom. The fourth-order valence-electron chi connectivity index (χ4n) is 3.79. The zero-order valence-corrected chi connectivity index (χ0v) is 15.5. The lowest BCUT2D eigenvalue weighted by atomic mass is 9.76. The van der Waals surface area contributed by atoms with Crippen LogP contribution >= 0.6 is 11.3 Å². The van der Waals surface area contributed by atoms with Crippen molar-refractivity contribution in [2.24, 2.45) is 17.6 Å². The zero-order valence-electron chi connectivity index (χ0n) is 14.7. The summed E-state index contributed by atoms with van der Waals surface area (Å²) in [6.45, 7) is 3.77. The quantitative estimate of drug-likeness (QED) is 0.793. The lowest BCUT2D eigenvalue weighted by Gasteiger charge is -2.33. The van der Waals surface area contributed by atoms with Gasteiger partial charge < -0.3 is 10.5 Å². The minimum atomic E-state index is -0.732. The fourth-order valence-corrected chi connectivity index (χ4v) is 4.77. The number of nitrogens with two attached hydrogens (primary N) is 1. The van der Waals surface area contributed by atoms with Crippen molar-refractivity contribution in [3.63, 3.8) is 0 Å². The molecule has 1 heterocycles. The van der Waals surface area contributed by atoms with E-state index in [9.17, 15) is 9.59 Å². The molecule has 0 spiro atoms. The number of thiazole rings is 1. The van der Waals surface area contributed by atoms with E-state index >= 15 is 0 Å². The molecule has 1 aliphatic carbocycles. The molecule has 2 N–H and O–H groups in total. The first kappa shape index (κ1) is 17.9. The number of para-hydroxylation sites is 1. The van der Waals surface area contributed by atoms with Gasteiger partial charge in [-0.1, -0.05) is 12.1 Å². The van der Waals surface area contributed by atoms with Gasteiger partial charge >= 0.3 is 6.09 Å². The highest BCUT2D eigenvalue weighted by molar-refractivity contribution is 7.20. The lowest BCUT2D eigenvalue weighted by molar-refractivity contribution is 0.0201. The Kier molecular flexibility index (Phi) is 5.08. The van der Waals surface area contributed by atoms with Gasteiger partial charge in [-0.25, -0.2) is 9.78 Å². The first-order valence-electron chi connectivity index (χ1n) is 8.72. The maximum atomic E-state index is 12.8. The van der Waals surface area contributed by atoms with Gasteiger partial charge in [-0.3, -0.25) is 4.79 Å². The molecule has 1 fully saturated rings. The van der Waals surface area contributed by atoms with Crippen LogP contribution in [0.3, 0.4) is 0 Å². The molecule has 1 amide bonds. The van der Waals surface area contributed by atoms with E-state index in [1.165, 1.54) is 11.3 Å². The highest BCUT2D eigenvalue weighted by Crippen LogP contribution is 2.37. The van der Waals surface area contributed by atoms with Gasteiger partial charge in [0.15, 0.2) is 10.8 Å². The van der Waals surface area contributed by atoms with Gasteiger partial charge in [0.1, 0.15) is 5.60 Å². The van der Waals surface area contributed by atoms with E-state index in [-0.39, 0.29) is 11.7 Å². The number of ether oxygens (including phenoxy) is 1. The van der Waals surface area contributed by atoms with E-state index in [1.54, 1.807) is 0 Å². The Labute approximate surface area is 151 Å². The smallest absolute Gasteiger partial charge is 0.405 e. The van der Waals surface area contributed by atoms with E-state index in [4.69, 9.17) is 10.5 Å². The summed E-state index contributed by atoms with van der Waals surface area (Å²) in [5, 5.41) is 0.627. The standard InChI is InChI=1S/C19H24N2O3S/c1-19(2,24-18(20)23)11-12-7-9-13(10-8-12)16(22)17-21-14-5-3-4-6-15(14)25-17/h3-6,12-13H,7-11H2,1-2H3,(H2,20,23)/t12-,13-. The van der Waals surface area contributed by atoms with Crippen LogP contribution in [-0.4, -0.2) is 22.5 Å². The molecule has 1 saturated carbocycles. The largest absolute Gasteiger partial charge is 0.444 e. The molecule has 0 unspecified atom stereocenters. The maximum absolute atomic E-state index is 12.8. The Hall–Kier alpha value is -1.95. The number of carbonyl (C=O) groups excluding carboxylic acids is 2. The number of fused-ring (bicyclic) bond motifs is 1. The van der Waals surface area contributed by atoms with Gasteiger partial charge in [0.05, 0.1) is 10.2 Å². The van der Waals surface area contributed by atoms with Crippen molar-refractivity contribution in [2.45, 2.75) is 51.6 Å². The van der Waals surface area contributed by atoms with Gasteiger partial charge in [-0.2, -0.15) is 0 Å². The van der Waals surface area contributed by atoms with Crippen LogP contribution in [0.4, 0.5) is 4.79 Å². The SMILES string of the molecule is CC(C)(C[C@H]1CC[C@H](C(=O)c2nc3ccccc3s2)CC1)OC(N)=O. The second-order valence-corrected chi connectivity index (χ2v) is 8.48. The van der Waals surface area contributed by atoms with Crippen molar-refractivity contribution >= 4 is 33.4 Å². The molecule has 6 heteroatoms. The van der Waals surface area contributed by atoms with Crippen molar-refractivity contribution < 1.29 is 14.3 Å². The second-order valence-electron chi connectivity index (χ2n) is 7.45. The Morgan fingerprint density at radius 3 is 2.56 bits per heavy atom. The Balaban J connectivity index is 1.58. The fraction of sp³-hybridized carbons (Fsp3) is 0.526. The molecular weight excluding hydrogens is 336 g/mol. The summed E-state index contributed by atoms with van der Waals surface area (Å²) < 4.78 is 6.24. The number of primary amides is 1. The lowest BCUT2D eigenvalue weighted by Crippen LogP contribution is -2.34. The van der Waals surface area contributed by atoms with Gasteiger partial charge in [0, 0.05) is 5.92 Å². The third kappa shape index (κ3) is 4.37. The molecule has 3 rings (SSSR count). The summed E-state index contributed by atoms with van der Waals surface area (Å²) in [5.74, 6) is 0.679. The summed E-state index contributed by atoms with van der Waals surface area (Å²) in [6.07, 6.45) is 3.71. The van der Waals surface area contributed by atoms with E-state index in [0.717, 1.165) is 42.3 Å². The maximum Gasteiger partial charge on any atom is 0.405 e. The molecule has 2 aromatic rings. The van der Waals surface area contributed by atoms with E-state index in [0.29, 0.717) is 10.9 Å². The molecule has 0 radical (unpaired) electrons. The Morgan fingerprint density at radius 1 is 1.24 bits per heavy atom. The molecular formula is C19H24N2O3S. The van der Waals surface area contributed by atoms with Crippen molar-refractivity contribution in [1.29, 1.82) is 0 Å². The topological polar surface area (TPSA) is 82.3 Å². The summed E-state index contributed by atoms with van der Waals surface area (Å²) in [6, 6.07) is 7.86. The highest BCUT2D eigenvalue weighted by atomic mass is 32.1. The molecule has 25 heavy (non-hydrogen) atoms. The Bertz CT molecular complexity index is 743. The van der Waals surface area contributed by atoms with Crippen LogP contribution in [0.2, 0.25) is 0 Å². The normalized spacial score (nSPS) is 21.2. The molecule has 0 saturated heterocycles. The average Bonchev–Trinajstić information content (AvgIpc) is 2.97. The van der Waals surface area contributed by atoms with Gasteiger partial charge in [0.2, 0.25) is 0 Å². The summed E-state index contributed by atoms with van der Waals surface area (Å²) in [7, 11) is 0. The van der Waals surface area contributed by atoms with Crippen LogP contribution < -0.4 is 5.73 Å². The monoisotopic (exact) mass is 360 g/mol. The number of carbonyl (C=O) groups is 2. The third-order valence-corrected chi connectivity index (χ3v) is 5.93. The number of ketones is 1. The van der Waals surface area contributed by atoms with Crippen LogP contribution in [0.25, 0.3) is 10.2 Å². The van der Waals surface area contributed by atoms with Crippen LogP contribution in [-0.2, 0) is 4.74 Å². The minimum Gasteiger partial charge on any atom is -0.444 e. The average molecular weight is 360 g/mol. The van der Waals surface area contributed by atoms with Crippen LogP contribution in [0.5, 0.6) is 0 Å². The predicted octanol–water partition coefficient (Wildman–Crippen LogP) is 4.55. The molecule has 0 atom stereocenters. The highest BCUT2D eigenvalue weighted by Gasteiger charge is 2.32. The number of Topliss-reactive ketones (excluding diaryl/α,β-unsaturated/α-hetero) is 1. The third-order valence-electron chi connectivity index (χ3n) is 4.88. The molecule has 0 aliphatic heterocycles. The molecule has 134 valence electrons. The van der Waals surface area contributed by atoms with Gasteiger partial charge in [0.25, 0.3) is 0 Å². The predicted molar refractivity (Wildman–Crippen MR) is 98.8 cm³/mol. The number of amides is 1. The number of hydrogen-bond donors (Lipinski definition) is 1. The van der Waals surface area contributed by atoms with E-state index in [1.807, 2.05) is 38.1 Å². The minimum absolute atomic E-state index is 0.0528. The number of aromatic nitrogens is 1. The number of hydrogen-bond acceptors (Lipinski definition) is 5. The number of nitrogens with zero attached hydrogens (tertiary/aromatic N) is 1. The first-order valence-corrected chi connectivity index (χ1v) is 9.54. The van der Waals surface area contributed by atoms with Crippen molar-refractivity contribution in [2.75, 3.05) is 0 Å². The van der Waals surface area contributed by atoms with E-state index in [2.05, 4.69) is 4.98 Å².